The molecule has 0 aliphatic carbocycles. The predicted molar refractivity (Wildman–Crippen MR) is 83.6 cm³/mol. The zero-order chi connectivity index (χ0) is 14.8. The van der Waals surface area contributed by atoms with Gasteiger partial charge in [-0.25, -0.2) is 4.98 Å². The number of anilines is 1. The van der Waals surface area contributed by atoms with Gasteiger partial charge in [0, 0.05) is 16.8 Å². The highest BCUT2D eigenvalue weighted by Crippen LogP contribution is 2.24. The minimum absolute atomic E-state index is 0.177. The summed E-state index contributed by atoms with van der Waals surface area (Å²) in [6.07, 6.45) is 2.45. The van der Waals surface area contributed by atoms with E-state index in [1.165, 1.54) is 11.9 Å². The van der Waals surface area contributed by atoms with Crippen LogP contribution in [0.3, 0.4) is 0 Å². The number of rotatable bonds is 4. The number of halogens is 1. The first kappa shape index (κ1) is 13.8. The van der Waals surface area contributed by atoms with Crippen molar-refractivity contribution in [2.75, 3.05) is 5.32 Å². The van der Waals surface area contributed by atoms with Gasteiger partial charge in [-0.2, -0.15) is 14.6 Å². The van der Waals surface area contributed by atoms with Crippen LogP contribution in [-0.4, -0.2) is 19.6 Å². The number of benzene rings is 1. The first-order valence-electron chi connectivity index (χ1n) is 6.86. The van der Waals surface area contributed by atoms with Crippen molar-refractivity contribution in [3.05, 3.63) is 52.9 Å². The van der Waals surface area contributed by atoms with Gasteiger partial charge in [0.15, 0.2) is 0 Å². The predicted octanol–water partition coefficient (Wildman–Crippen LogP) is 3.65. The average molecular weight is 302 g/mol. The van der Waals surface area contributed by atoms with Gasteiger partial charge < -0.3 is 5.32 Å². The molecule has 0 spiro atoms. The molecule has 0 aliphatic heterocycles. The fourth-order valence-corrected chi connectivity index (χ4v) is 2.45. The van der Waals surface area contributed by atoms with Crippen molar-refractivity contribution in [3.8, 4) is 0 Å². The van der Waals surface area contributed by atoms with E-state index < -0.39 is 0 Å². The summed E-state index contributed by atoms with van der Waals surface area (Å²) >= 11 is 5.95. The van der Waals surface area contributed by atoms with Crippen LogP contribution in [0.25, 0.3) is 5.78 Å². The number of hydrogen-bond donors (Lipinski definition) is 1. The van der Waals surface area contributed by atoms with Gasteiger partial charge in [-0.05, 0) is 31.0 Å². The van der Waals surface area contributed by atoms with Gasteiger partial charge in [0.25, 0.3) is 5.78 Å². The highest BCUT2D eigenvalue weighted by molar-refractivity contribution is 6.30. The monoisotopic (exact) mass is 301 g/mol. The fraction of sp³-hybridized carbons (Fsp3) is 0.267. The van der Waals surface area contributed by atoms with Crippen LogP contribution in [0.1, 0.15) is 30.6 Å². The van der Waals surface area contributed by atoms with E-state index in [4.69, 9.17) is 11.6 Å². The summed E-state index contributed by atoms with van der Waals surface area (Å²) in [5.74, 6) is 1.49. The lowest BCUT2D eigenvalue weighted by Gasteiger charge is -2.19. The zero-order valence-corrected chi connectivity index (χ0v) is 12.7. The third-order valence-corrected chi connectivity index (χ3v) is 3.63. The highest BCUT2D eigenvalue weighted by atomic mass is 35.5. The quantitative estimate of drug-likeness (QED) is 0.799. The lowest BCUT2D eigenvalue weighted by molar-refractivity contribution is 0.734. The number of nitrogens with zero attached hydrogens (tertiary/aromatic N) is 4. The lowest BCUT2D eigenvalue weighted by Crippen LogP contribution is -2.13. The fourth-order valence-electron chi connectivity index (χ4n) is 2.33. The summed E-state index contributed by atoms with van der Waals surface area (Å²) < 4.78 is 1.71. The van der Waals surface area contributed by atoms with Crippen molar-refractivity contribution >= 4 is 23.2 Å². The molecule has 3 aromatic rings. The van der Waals surface area contributed by atoms with Crippen LogP contribution in [0, 0.1) is 6.92 Å². The highest BCUT2D eigenvalue weighted by Gasteiger charge is 2.12. The maximum atomic E-state index is 5.95. The van der Waals surface area contributed by atoms with Gasteiger partial charge in [-0.3, -0.25) is 0 Å². The molecule has 1 N–H and O–H groups in total. The third kappa shape index (κ3) is 2.83. The Morgan fingerprint density at radius 1 is 1.29 bits per heavy atom. The van der Waals surface area contributed by atoms with Gasteiger partial charge in [0.05, 0.1) is 6.04 Å². The van der Waals surface area contributed by atoms with Crippen molar-refractivity contribution in [3.63, 3.8) is 0 Å². The van der Waals surface area contributed by atoms with Crippen molar-refractivity contribution in [2.45, 2.75) is 26.3 Å². The van der Waals surface area contributed by atoms with Crippen LogP contribution in [0.2, 0.25) is 5.02 Å². The molecule has 21 heavy (non-hydrogen) atoms. The topological polar surface area (TPSA) is 55.1 Å². The van der Waals surface area contributed by atoms with E-state index in [1.54, 1.807) is 4.52 Å². The van der Waals surface area contributed by atoms with Crippen LogP contribution in [0.5, 0.6) is 0 Å². The number of fused-ring (bicyclic) bond motifs is 1. The van der Waals surface area contributed by atoms with E-state index >= 15 is 0 Å². The smallest absolute Gasteiger partial charge is 0.254 e. The molecule has 0 unspecified atom stereocenters. The Kier molecular flexibility index (Phi) is 3.75. The molecule has 0 radical (unpaired) electrons. The molecular weight excluding hydrogens is 286 g/mol. The first-order valence-corrected chi connectivity index (χ1v) is 7.24. The Hall–Kier alpha value is -2.14. The molecular formula is C15H16ClN5. The summed E-state index contributed by atoms with van der Waals surface area (Å²) in [4.78, 5) is 8.49. The van der Waals surface area contributed by atoms with Crippen LogP contribution < -0.4 is 5.32 Å². The second-order valence-corrected chi connectivity index (χ2v) is 5.35. The Morgan fingerprint density at radius 2 is 2.05 bits per heavy atom. The van der Waals surface area contributed by atoms with E-state index in [9.17, 15) is 0 Å². The minimum Gasteiger partial charge on any atom is -0.363 e. The molecule has 0 aliphatic rings. The van der Waals surface area contributed by atoms with E-state index in [-0.39, 0.29) is 6.04 Å². The van der Waals surface area contributed by atoms with E-state index in [1.807, 2.05) is 37.3 Å². The number of aromatic nitrogens is 4. The van der Waals surface area contributed by atoms with Gasteiger partial charge in [0.1, 0.15) is 12.1 Å². The van der Waals surface area contributed by atoms with Crippen molar-refractivity contribution in [1.82, 2.24) is 19.6 Å². The van der Waals surface area contributed by atoms with Crippen molar-refractivity contribution < 1.29 is 0 Å². The molecule has 108 valence electrons. The second kappa shape index (κ2) is 5.69. The molecule has 6 heteroatoms. The Bertz CT molecular complexity index is 750. The Labute approximate surface area is 128 Å². The van der Waals surface area contributed by atoms with E-state index in [0.717, 1.165) is 23.0 Å². The maximum Gasteiger partial charge on any atom is 0.254 e. The average Bonchev–Trinajstić information content (AvgIpc) is 2.94. The molecule has 5 nitrogen and oxygen atoms in total. The van der Waals surface area contributed by atoms with Gasteiger partial charge >= 0.3 is 0 Å². The van der Waals surface area contributed by atoms with E-state index in [2.05, 4.69) is 27.3 Å². The summed E-state index contributed by atoms with van der Waals surface area (Å²) in [6.45, 7) is 4.09. The summed E-state index contributed by atoms with van der Waals surface area (Å²) in [6, 6.07) is 10.0. The molecule has 1 aromatic carbocycles. The molecule has 0 saturated carbocycles. The summed E-state index contributed by atoms with van der Waals surface area (Å²) in [5, 5.41) is 8.47. The normalized spacial score (nSPS) is 12.5. The Morgan fingerprint density at radius 3 is 2.76 bits per heavy atom. The minimum atomic E-state index is 0.177. The molecule has 0 fully saturated rings. The number of nitrogens with one attached hydrogen (secondary N) is 1. The van der Waals surface area contributed by atoms with Crippen molar-refractivity contribution in [1.29, 1.82) is 0 Å². The van der Waals surface area contributed by atoms with Crippen LogP contribution >= 0.6 is 11.6 Å². The molecule has 1 atom stereocenters. The zero-order valence-electron chi connectivity index (χ0n) is 11.9. The van der Waals surface area contributed by atoms with Gasteiger partial charge in [-0.15, -0.1) is 0 Å². The van der Waals surface area contributed by atoms with Crippen molar-refractivity contribution in [2.24, 2.45) is 0 Å². The van der Waals surface area contributed by atoms with Gasteiger partial charge in [0.2, 0.25) is 0 Å². The van der Waals surface area contributed by atoms with Crippen LogP contribution in [-0.2, 0) is 0 Å². The second-order valence-electron chi connectivity index (χ2n) is 4.91. The summed E-state index contributed by atoms with van der Waals surface area (Å²) in [5.41, 5.74) is 2.09. The largest absolute Gasteiger partial charge is 0.363 e. The SMILES string of the molecule is CC[C@@H](Nc1cc(C)nc2ncnn12)c1ccc(Cl)cc1. The van der Waals surface area contributed by atoms with Gasteiger partial charge in [-0.1, -0.05) is 30.7 Å². The Balaban J connectivity index is 1.95. The molecule has 0 amide bonds. The van der Waals surface area contributed by atoms with E-state index in [0.29, 0.717) is 5.78 Å². The number of hydrogen-bond acceptors (Lipinski definition) is 4. The third-order valence-electron chi connectivity index (χ3n) is 3.38. The van der Waals surface area contributed by atoms with Crippen LogP contribution in [0.15, 0.2) is 36.7 Å². The van der Waals surface area contributed by atoms with Crippen LogP contribution in [0.4, 0.5) is 5.82 Å². The first-order chi connectivity index (χ1) is 10.2. The standard InChI is InChI=1S/C15H16ClN5/c1-3-13(11-4-6-12(16)7-5-11)20-14-8-10(2)19-15-17-9-18-21(14)15/h4-9,13,20H,3H2,1-2H3/t13-/m1/s1. The summed E-state index contributed by atoms with van der Waals surface area (Å²) in [7, 11) is 0. The molecule has 0 bridgehead atoms. The molecule has 3 rings (SSSR count). The number of aryl methyl sites for hydroxylation is 1. The molecule has 0 saturated heterocycles. The molecule has 2 aromatic heterocycles. The lowest BCUT2D eigenvalue weighted by atomic mass is 10.0. The maximum absolute atomic E-state index is 5.95. The molecule has 2 heterocycles.